The van der Waals surface area contributed by atoms with Gasteiger partial charge in [-0.15, -0.1) is 0 Å². The lowest BCUT2D eigenvalue weighted by Gasteiger charge is -2.12. The molecule has 3 aromatic carbocycles. The minimum absolute atomic E-state index is 0.430. The molecule has 0 atom stereocenters. The first-order valence-corrected chi connectivity index (χ1v) is 9.85. The van der Waals surface area contributed by atoms with Crippen LogP contribution in [0.2, 0.25) is 15.1 Å². The molecule has 5 heteroatoms. The molecule has 0 fully saturated rings. The molecule has 0 aliphatic rings. The van der Waals surface area contributed by atoms with Gasteiger partial charge in [0.25, 0.3) is 0 Å². The Morgan fingerprint density at radius 1 is 0.741 bits per heavy atom. The Hall–Kier alpha value is -1.71. The standard InChI is InChI=1S/C22H20Cl3NO/c23-19-8-6-16(7-9-19)10-11-26-14-18-12-20(24)22(21(25)13-18)27-15-17-4-2-1-3-5-17/h1-9,12-13,26H,10-11,14-15H2. The van der Waals surface area contributed by atoms with E-state index < -0.39 is 0 Å². The van der Waals surface area contributed by atoms with Crippen LogP contribution < -0.4 is 10.1 Å². The molecule has 3 rings (SSSR count). The van der Waals surface area contributed by atoms with E-state index in [4.69, 9.17) is 39.5 Å². The molecule has 0 bridgehead atoms. The predicted octanol–water partition coefficient (Wildman–Crippen LogP) is 6.56. The van der Waals surface area contributed by atoms with Crippen LogP contribution in [0.4, 0.5) is 0 Å². The fourth-order valence-electron chi connectivity index (χ4n) is 2.70. The van der Waals surface area contributed by atoms with Crippen molar-refractivity contribution in [3.05, 3.63) is 98.5 Å². The van der Waals surface area contributed by atoms with Crippen molar-refractivity contribution in [2.45, 2.75) is 19.6 Å². The summed E-state index contributed by atoms with van der Waals surface area (Å²) < 4.78 is 5.81. The lowest BCUT2D eigenvalue weighted by Crippen LogP contribution is -2.16. The summed E-state index contributed by atoms with van der Waals surface area (Å²) in [5, 5.41) is 5.20. The summed E-state index contributed by atoms with van der Waals surface area (Å²) in [6.07, 6.45) is 0.927. The molecule has 0 spiro atoms. The first-order chi connectivity index (χ1) is 13.1. The van der Waals surface area contributed by atoms with Crippen LogP contribution in [0, 0.1) is 0 Å². The van der Waals surface area contributed by atoms with Crippen molar-refractivity contribution in [3.63, 3.8) is 0 Å². The van der Waals surface area contributed by atoms with Gasteiger partial charge in [-0.05, 0) is 53.9 Å². The number of nitrogens with one attached hydrogen (secondary N) is 1. The largest absolute Gasteiger partial charge is 0.486 e. The lowest BCUT2D eigenvalue weighted by atomic mass is 10.1. The number of hydrogen-bond acceptors (Lipinski definition) is 2. The molecular formula is C22H20Cl3NO. The summed E-state index contributed by atoms with van der Waals surface area (Å²) in [5.74, 6) is 0.520. The van der Waals surface area contributed by atoms with Gasteiger partial charge in [0.1, 0.15) is 6.61 Å². The number of ether oxygens (including phenoxy) is 1. The van der Waals surface area contributed by atoms with Gasteiger partial charge < -0.3 is 10.1 Å². The molecule has 0 aliphatic heterocycles. The Balaban J connectivity index is 1.52. The topological polar surface area (TPSA) is 21.3 Å². The van der Waals surface area contributed by atoms with Crippen LogP contribution in [0.5, 0.6) is 5.75 Å². The Labute approximate surface area is 175 Å². The van der Waals surface area contributed by atoms with Gasteiger partial charge in [-0.25, -0.2) is 0 Å². The van der Waals surface area contributed by atoms with Gasteiger partial charge in [0.15, 0.2) is 5.75 Å². The SMILES string of the molecule is Clc1ccc(CCNCc2cc(Cl)c(OCc3ccccc3)c(Cl)c2)cc1. The zero-order valence-corrected chi connectivity index (χ0v) is 17.0. The van der Waals surface area contributed by atoms with Gasteiger partial charge in [-0.1, -0.05) is 77.3 Å². The van der Waals surface area contributed by atoms with E-state index in [0.29, 0.717) is 28.9 Å². The van der Waals surface area contributed by atoms with E-state index in [-0.39, 0.29) is 0 Å². The molecule has 27 heavy (non-hydrogen) atoms. The highest BCUT2D eigenvalue weighted by molar-refractivity contribution is 6.37. The molecule has 0 radical (unpaired) electrons. The van der Waals surface area contributed by atoms with Crippen LogP contribution in [-0.2, 0) is 19.6 Å². The van der Waals surface area contributed by atoms with Gasteiger partial charge in [0, 0.05) is 11.6 Å². The molecule has 0 unspecified atom stereocenters. The third-order valence-electron chi connectivity index (χ3n) is 4.12. The summed E-state index contributed by atoms with van der Waals surface area (Å²) >= 11 is 18.7. The maximum atomic E-state index is 6.37. The first-order valence-electron chi connectivity index (χ1n) is 8.71. The van der Waals surface area contributed by atoms with E-state index in [1.54, 1.807) is 0 Å². The van der Waals surface area contributed by atoms with E-state index in [0.717, 1.165) is 29.1 Å². The Bertz CT molecular complexity index is 843. The van der Waals surface area contributed by atoms with Crippen LogP contribution in [0.25, 0.3) is 0 Å². The van der Waals surface area contributed by atoms with Crippen molar-refractivity contribution in [3.8, 4) is 5.75 Å². The third-order valence-corrected chi connectivity index (χ3v) is 4.93. The Morgan fingerprint density at radius 2 is 1.41 bits per heavy atom. The van der Waals surface area contributed by atoms with Crippen molar-refractivity contribution in [2.24, 2.45) is 0 Å². The lowest BCUT2D eigenvalue weighted by molar-refractivity contribution is 0.306. The molecule has 1 N–H and O–H groups in total. The van der Waals surface area contributed by atoms with Crippen molar-refractivity contribution < 1.29 is 4.74 Å². The van der Waals surface area contributed by atoms with E-state index >= 15 is 0 Å². The maximum absolute atomic E-state index is 6.37. The number of rotatable bonds is 8. The molecule has 0 aliphatic carbocycles. The molecule has 0 saturated carbocycles. The van der Waals surface area contributed by atoms with Crippen molar-refractivity contribution in [2.75, 3.05) is 6.54 Å². The maximum Gasteiger partial charge on any atom is 0.156 e. The monoisotopic (exact) mass is 419 g/mol. The van der Waals surface area contributed by atoms with Gasteiger partial charge in [-0.2, -0.15) is 0 Å². The van der Waals surface area contributed by atoms with Crippen LogP contribution in [0.3, 0.4) is 0 Å². The number of halogens is 3. The fraction of sp³-hybridized carbons (Fsp3) is 0.182. The third kappa shape index (κ3) is 6.15. The van der Waals surface area contributed by atoms with Crippen LogP contribution >= 0.6 is 34.8 Å². The second kappa shape index (κ2) is 10.0. The summed E-state index contributed by atoms with van der Waals surface area (Å²) in [4.78, 5) is 0. The second-order valence-corrected chi connectivity index (χ2v) is 7.47. The molecule has 0 amide bonds. The average molecular weight is 421 g/mol. The highest BCUT2D eigenvalue weighted by Crippen LogP contribution is 2.34. The molecule has 0 heterocycles. The highest BCUT2D eigenvalue weighted by atomic mass is 35.5. The quantitative estimate of drug-likeness (QED) is 0.417. The zero-order chi connectivity index (χ0) is 19.1. The minimum atomic E-state index is 0.430. The normalized spacial score (nSPS) is 10.8. The van der Waals surface area contributed by atoms with E-state index in [9.17, 15) is 0 Å². The van der Waals surface area contributed by atoms with Crippen molar-refractivity contribution in [1.29, 1.82) is 0 Å². The Morgan fingerprint density at radius 3 is 2.07 bits per heavy atom. The molecule has 140 valence electrons. The smallest absolute Gasteiger partial charge is 0.156 e. The van der Waals surface area contributed by atoms with Crippen molar-refractivity contribution in [1.82, 2.24) is 5.32 Å². The van der Waals surface area contributed by atoms with Gasteiger partial charge in [0.05, 0.1) is 10.0 Å². The van der Waals surface area contributed by atoms with Gasteiger partial charge in [0.2, 0.25) is 0 Å². The zero-order valence-electron chi connectivity index (χ0n) is 14.7. The summed E-state index contributed by atoms with van der Waals surface area (Å²) in [6.45, 7) is 1.97. The van der Waals surface area contributed by atoms with Gasteiger partial charge >= 0.3 is 0 Å². The first kappa shape index (κ1) is 20.0. The van der Waals surface area contributed by atoms with Gasteiger partial charge in [-0.3, -0.25) is 0 Å². The average Bonchev–Trinajstić information content (AvgIpc) is 2.67. The number of benzene rings is 3. The fourth-order valence-corrected chi connectivity index (χ4v) is 3.47. The Kier molecular flexibility index (Phi) is 7.42. The molecule has 0 aromatic heterocycles. The van der Waals surface area contributed by atoms with E-state index in [2.05, 4.69) is 5.32 Å². The highest BCUT2D eigenvalue weighted by Gasteiger charge is 2.10. The van der Waals surface area contributed by atoms with Crippen molar-refractivity contribution >= 4 is 34.8 Å². The summed E-state index contributed by atoms with van der Waals surface area (Å²) in [5.41, 5.74) is 3.33. The molecule has 0 saturated heterocycles. The molecular weight excluding hydrogens is 401 g/mol. The summed E-state index contributed by atoms with van der Waals surface area (Å²) in [6, 6.07) is 21.6. The molecule has 3 aromatic rings. The van der Waals surface area contributed by atoms with E-state index in [1.165, 1.54) is 5.56 Å². The summed E-state index contributed by atoms with van der Waals surface area (Å²) in [7, 11) is 0. The second-order valence-electron chi connectivity index (χ2n) is 6.22. The minimum Gasteiger partial charge on any atom is -0.486 e. The van der Waals surface area contributed by atoms with Crippen LogP contribution in [-0.4, -0.2) is 6.54 Å². The number of hydrogen-bond donors (Lipinski definition) is 1. The van der Waals surface area contributed by atoms with Crippen LogP contribution in [0.1, 0.15) is 16.7 Å². The van der Waals surface area contributed by atoms with E-state index in [1.807, 2.05) is 66.7 Å². The van der Waals surface area contributed by atoms with Crippen LogP contribution in [0.15, 0.2) is 66.7 Å². The molecule has 2 nitrogen and oxygen atoms in total. The predicted molar refractivity (Wildman–Crippen MR) is 114 cm³/mol.